The van der Waals surface area contributed by atoms with E-state index in [0.717, 1.165) is 31.2 Å². The zero-order chi connectivity index (χ0) is 18.9. The number of rotatable bonds is 7. The summed E-state index contributed by atoms with van der Waals surface area (Å²) in [7, 11) is 1.74. The van der Waals surface area contributed by atoms with Crippen molar-refractivity contribution in [1.82, 2.24) is 15.5 Å². The number of carbonyl (C=O) groups is 2. The van der Waals surface area contributed by atoms with Crippen molar-refractivity contribution >= 4 is 11.9 Å². The molecule has 1 aliphatic carbocycles. The number of nitrogens with zero attached hydrogens (tertiary/aromatic N) is 1. The van der Waals surface area contributed by atoms with E-state index in [0.29, 0.717) is 6.54 Å². The Labute approximate surface area is 151 Å². The molecule has 6 nitrogen and oxygen atoms in total. The van der Waals surface area contributed by atoms with E-state index in [1.165, 1.54) is 18.6 Å². The summed E-state index contributed by atoms with van der Waals surface area (Å²) in [6.45, 7) is -2.37. The van der Waals surface area contributed by atoms with Crippen LogP contribution in [0.5, 0.6) is 5.75 Å². The Bertz CT molecular complexity index is 590. The van der Waals surface area contributed by atoms with Gasteiger partial charge in [-0.1, -0.05) is 31.4 Å². The molecule has 1 aliphatic rings. The van der Waals surface area contributed by atoms with Crippen LogP contribution in [0.15, 0.2) is 24.3 Å². The normalized spacial score (nSPS) is 15.1. The minimum Gasteiger partial charge on any atom is -0.435 e. The van der Waals surface area contributed by atoms with Gasteiger partial charge in [-0.2, -0.15) is 8.78 Å². The van der Waals surface area contributed by atoms with Crippen LogP contribution in [0.4, 0.5) is 13.6 Å². The van der Waals surface area contributed by atoms with Crippen LogP contribution >= 0.6 is 0 Å². The predicted octanol–water partition coefficient (Wildman–Crippen LogP) is 2.88. The van der Waals surface area contributed by atoms with Crippen molar-refractivity contribution in [3.8, 4) is 5.75 Å². The summed E-state index contributed by atoms with van der Waals surface area (Å²) in [6, 6.07) is 5.90. The van der Waals surface area contributed by atoms with Gasteiger partial charge < -0.3 is 10.1 Å². The first-order valence-electron chi connectivity index (χ1n) is 8.75. The van der Waals surface area contributed by atoms with E-state index < -0.39 is 18.5 Å². The minimum atomic E-state index is -2.85. The van der Waals surface area contributed by atoms with Crippen molar-refractivity contribution in [2.45, 2.75) is 51.3 Å². The summed E-state index contributed by atoms with van der Waals surface area (Å²) in [5.41, 5.74) is 0.841. The van der Waals surface area contributed by atoms with Gasteiger partial charge in [0.2, 0.25) is 5.91 Å². The second-order valence-corrected chi connectivity index (χ2v) is 6.55. The molecule has 1 fully saturated rings. The van der Waals surface area contributed by atoms with E-state index in [1.54, 1.807) is 24.1 Å². The maximum absolute atomic E-state index is 12.1. The molecule has 0 atom stereocenters. The standard InChI is InChI=1S/C18H25F2N3O3/c1-23(11-13-7-9-15(10-8-13)26-17(19)20)12-16(24)22-18(25)21-14-5-3-2-4-6-14/h7-10,14,17H,2-6,11-12H2,1H3,(H2,21,22,24,25). The molecule has 0 aliphatic heterocycles. The van der Waals surface area contributed by atoms with Crippen LogP contribution < -0.4 is 15.4 Å². The number of halogens is 2. The highest BCUT2D eigenvalue weighted by Gasteiger charge is 2.17. The summed E-state index contributed by atoms with van der Waals surface area (Å²) in [6.07, 6.45) is 5.30. The van der Waals surface area contributed by atoms with E-state index in [2.05, 4.69) is 15.4 Å². The summed E-state index contributed by atoms with van der Waals surface area (Å²) < 4.78 is 28.5. The topological polar surface area (TPSA) is 70.7 Å². The number of alkyl halides is 2. The Morgan fingerprint density at radius 2 is 1.85 bits per heavy atom. The maximum atomic E-state index is 12.1. The van der Waals surface area contributed by atoms with Gasteiger partial charge in [0, 0.05) is 12.6 Å². The molecule has 3 amide bonds. The van der Waals surface area contributed by atoms with Crippen LogP contribution in [0.1, 0.15) is 37.7 Å². The zero-order valence-electron chi connectivity index (χ0n) is 14.8. The van der Waals surface area contributed by atoms with E-state index in [-0.39, 0.29) is 18.3 Å². The van der Waals surface area contributed by atoms with Crippen molar-refractivity contribution in [1.29, 1.82) is 0 Å². The van der Waals surface area contributed by atoms with Gasteiger partial charge >= 0.3 is 12.6 Å². The monoisotopic (exact) mass is 369 g/mol. The highest BCUT2D eigenvalue weighted by Crippen LogP contribution is 2.17. The molecule has 0 heterocycles. The van der Waals surface area contributed by atoms with Gasteiger partial charge in [-0.3, -0.25) is 15.0 Å². The number of hydrogen-bond acceptors (Lipinski definition) is 4. The first-order valence-corrected chi connectivity index (χ1v) is 8.75. The molecule has 2 rings (SSSR count). The molecule has 0 radical (unpaired) electrons. The van der Waals surface area contributed by atoms with Crippen LogP contribution in [-0.4, -0.2) is 43.1 Å². The fourth-order valence-corrected chi connectivity index (χ4v) is 3.02. The Balaban J connectivity index is 1.71. The second-order valence-electron chi connectivity index (χ2n) is 6.55. The molecular weight excluding hydrogens is 344 g/mol. The van der Waals surface area contributed by atoms with Crippen molar-refractivity contribution in [3.05, 3.63) is 29.8 Å². The van der Waals surface area contributed by atoms with Crippen molar-refractivity contribution in [3.63, 3.8) is 0 Å². The van der Waals surface area contributed by atoms with Gasteiger partial charge in [0.1, 0.15) is 5.75 Å². The number of benzene rings is 1. The summed E-state index contributed by atoms with van der Waals surface area (Å²) in [4.78, 5) is 25.5. The van der Waals surface area contributed by atoms with E-state index in [1.807, 2.05) is 0 Å². The predicted molar refractivity (Wildman–Crippen MR) is 93.0 cm³/mol. The Morgan fingerprint density at radius 1 is 1.19 bits per heavy atom. The molecule has 1 aromatic rings. The average molecular weight is 369 g/mol. The van der Waals surface area contributed by atoms with E-state index in [4.69, 9.17) is 0 Å². The second kappa shape index (κ2) is 10.1. The number of imide groups is 1. The van der Waals surface area contributed by atoms with Gasteiger partial charge in [-0.25, -0.2) is 4.79 Å². The Morgan fingerprint density at radius 3 is 2.46 bits per heavy atom. The smallest absolute Gasteiger partial charge is 0.387 e. The first kappa shape index (κ1) is 20.1. The summed E-state index contributed by atoms with van der Waals surface area (Å²) in [5.74, 6) is -0.304. The van der Waals surface area contributed by atoms with Gasteiger partial charge in [0.25, 0.3) is 0 Å². The first-order chi connectivity index (χ1) is 12.4. The number of urea groups is 1. The molecule has 2 N–H and O–H groups in total. The number of likely N-dealkylation sites (N-methyl/N-ethyl adjacent to an activating group) is 1. The van der Waals surface area contributed by atoms with E-state index >= 15 is 0 Å². The van der Waals surface area contributed by atoms with Crippen LogP contribution in [0.2, 0.25) is 0 Å². The van der Waals surface area contributed by atoms with Gasteiger partial charge in [-0.15, -0.1) is 0 Å². The molecule has 0 spiro atoms. The zero-order valence-corrected chi connectivity index (χ0v) is 14.8. The van der Waals surface area contributed by atoms with Crippen LogP contribution in [-0.2, 0) is 11.3 Å². The third-order valence-corrected chi connectivity index (χ3v) is 4.21. The largest absolute Gasteiger partial charge is 0.435 e. The number of carbonyl (C=O) groups excluding carboxylic acids is 2. The number of ether oxygens (including phenoxy) is 1. The van der Waals surface area contributed by atoms with Crippen molar-refractivity contribution in [2.24, 2.45) is 0 Å². The number of nitrogens with one attached hydrogen (secondary N) is 2. The lowest BCUT2D eigenvalue weighted by Crippen LogP contribution is -2.47. The molecule has 0 bridgehead atoms. The molecule has 144 valence electrons. The van der Waals surface area contributed by atoms with Gasteiger partial charge in [0.05, 0.1) is 6.54 Å². The lowest BCUT2D eigenvalue weighted by atomic mass is 9.96. The van der Waals surface area contributed by atoms with Crippen molar-refractivity contribution in [2.75, 3.05) is 13.6 Å². The highest BCUT2D eigenvalue weighted by atomic mass is 19.3. The third-order valence-electron chi connectivity index (χ3n) is 4.21. The Hall–Kier alpha value is -2.22. The highest BCUT2D eigenvalue weighted by molar-refractivity contribution is 5.95. The third kappa shape index (κ3) is 7.35. The lowest BCUT2D eigenvalue weighted by Gasteiger charge is -2.23. The van der Waals surface area contributed by atoms with Crippen LogP contribution in [0, 0.1) is 0 Å². The molecule has 0 unspecified atom stereocenters. The van der Waals surface area contributed by atoms with Crippen LogP contribution in [0.25, 0.3) is 0 Å². The fraction of sp³-hybridized carbons (Fsp3) is 0.556. The lowest BCUT2D eigenvalue weighted by molar-refractivity contribution is -0.121. The maximum Gasteiger partial charge on any atom is 0.387 e. The Kier molecular flexibility index (Phi) is 7.77. The molecule has 1 saturated carbocycles. The van der Waals surface area contributed by atoms with Crippen LogP contribution in [0.3, 0.4) is 0 Å². The molecule has 1 aromatic carbocycles. The number of amides is 3. The minimum absolute atomic E-state index is 0.0490. The van der Waals surface area contributed by atoms with Crippen molar-refractivity contribution < 1.29 is 23.1 Å². The van der Waals surface area contributed by atoms with Gasteiger partial charge in [-0.05, 0) is 37.6 Å². The van der Waals surface area contributed by atoms with Gasteiger partial charge in [0.15, 0.2) is 0 Å². The summed E-state index contributed by atoms with van der Waals surface area (Å²) >= 11 is 0. The molecule has 0 aromatic heterocycles. The molecule has 8 heteroatoms. The summed E-state index contributed by atoms with van der Waals surface area (Å²) in [5, 5.41) is 5.17. The van der Waals surface area contributed by atoms with E-state index in [9.17, 15) is 18.4 Å². The molecule has 0 saturated heterocycles. The average Bonchev–Trinajstić information content (AvgIpc) is 2.56. The quantitative estimate of drug-likeness (QED) is 0.775. The molecular formula is C18H25F2N3O3. The number of hydrogen-bond donors (Lipinski definition) is 2. The SMILES string of the molecule is CN(CC(=O)NC(=O)NC1CCCCC1)Cc1ccc(OC(F)F)cc1. The molecule has 26 heavy (non-hydrogen) atoms. The fourth-order valence-electron chi connectivity index (χ4n) is 3.02.